The van der Waals surface area contributed by atoms with Gasteiger partial charge in [0.1, 0.15) is 12.1 Å². The Balaban J connectivity index is 1.64. The zero-order valence-electron chi connectivity index (χ0n) is 15.0. The van der Waals surface area contributed by atoms with Crippen molar-refractivity contribution in [2.75, 3.05) is 16.8 Å². The van der Waals surface area contributed by atoms with Gasteiger partial charge in [0.15, 0.2) is 5.75 Å². The fourth-order valence-corrected chi connectivity index (χ4v) is 3.23. The maximum absolute atomic E-state index is 13.1. The molecule has 2 amide bonds. The molecule has 1 aliphatic heterocycles. The molecular weight excluding hydrogens is 422 g/mol. The molecular formula is C21H16BrN3O3. The van der Waals surface area contributed by atoms with Gasteiger partial charge in [0.25, 0.3) is 5.91 Å². The Bertz CT molecular complexity index is 1080. The van der Waals surface area contributed by atoms with E-state index in [-0.39, 0.29) is 24.2 Å². The summed E-state index contributed by atoms with van der Waals surface area (Å²) in [6.07, 6.45) is 1.56. The number of aryl methyl sites for hydroxylation is 1. The van der Waals surface area contributed by atoms with Gasteiger partial charge in [0, 0.05) is 16.4 Å². The van der Waals surface area contributed by atoms with Crippen molar-refractivity contribution in [1.82, 2.24) is 4.98 Å². The van der Waals surface area contributed by atoms with Crippen LogP contribution in [0.25, 0.3) is 0 Å². The first-order valence-corrected chi connectivity index (χ1v) is 9.42. The summed E-state index contributed by atoms with van der Waals surface area (Å²) < 4.78 is 6.78. The molecule has 6 nitrogen and oxygen atoms in total. The first-order chi connectivity index (χ1) is 13.5. The Labute approximate surface area is 170 Å². The van der Waals surface area contributed by atoms with Crippen molar-refractivity contribution in [1.29, 1.82) is 0 Å². The van der Waals surface area contributed by atoms with Crippen molar-refractivity contribution in [3.05, 3.63) is 76.4 Å². The largest absolute Gasteiger partial charge is 0.436 e. The van der Waals surface area contributed by atoms with Crippen LogP contribution >= 0.6 is 15.9 Å². The van der Waals surface area contributed by atoms with Gasteiger partial charge in [0.2, 0.25) is 11.8 Å². The summed E-state index contributed by atoms with van der Waals surface area (Å²) in [5, 5.41) is 2.84. The van der Waals surface area contributed by atoms with Gasteiger partial charge < -0.3 is 10.1 Å². The molecule has 2 heterocycles. The van der Waals surface area contributed by atoms with Crippen LogP contribution in [0.15, 0.2) is 65.3 Å². The van der Waals surface area contributed by atoms with Crippen LogP contribution in [0, 0.1) is 6.92 Å². The fourth-order valence-electron chi connectivity index (χ4n) is 2.98. The Hall–Kier alpha value is -3.19. The number of nitrogens with zero attached hydrogens (tertiary/aromatic N) is 2. The third kappa shape index (κ3) is 3.48. The van der Waals surface area contributed by atoms with Crippen molar-refractivity contribution in [3.63, 3.8) is 0 Å². The Morgan fingerprint density at radius 2 is 2.00 bits per heavy atom. The van der Waals surface area contributed by atoms with Crippen LogP contribution in [0.1, 0.15) is 15.9 Å². The summed E-state index contributed by atoms with van der Waals surface area (Å²) in [4.78, 5) is 31.3. The number of hydrogen-bond donors (Lipinski definition) is 1. The molecule has 140 valence electrons. The van der Waals surface area contributed by atoms with E-state index in [4.69, 9.17) is 4.74 Å². The Morgan fingerprint density at radius 1 is 1.18 bits per heavy atom. The molecule has 0 spiro atoms. The van der Waals surface area contributed by atoms with Crippen LogP contribution in [0.4, 0.5) is 11.4 Å². The predicted molar refractivity (Wildman–Crippen MR) is 110 cm³/mol. The number of halogens is 1. The lowest BCUT2D eigenvalue weighted by atomic mass is 10.2. The van der Waals surface area contributed by atoms with Crippen molar-refractivity contribution < 1.29 is 14.3 Å². The number of anilines is 2. The molecule has 0 saturated carbocycles. The van der Waals surface area contributed by atoms with E-state index in [9.17, 15) is 9.59 Å². The number of amides is 2. The van der Waals surface area contributed by atoms with E-state index in [0.29, 0.717) is 22.7 Å². The SMILES string of the molecule is Cc1cc(NC(=O)CN2C(=O)c3cccnc3Oc3ccccc32)ccc1Br. The molecule has 2 aromatic carbocycles. The van der Waals surface area contributed by atoms with Crippen molar-refractivity contribution in [2.24, 2.45) is 0 Å². The normalized spacial score (nSPS) is 12.5. The summed E-state index contributed by atoms with van der Waals surface area (Å²) >= 11 is 3.44. The highest BCUT2D eigenvalue weighted by molar-refractivity contribution is 9.10. The second kappa shape index (κ2) is 7.44. The van der Waals surface area contributed by atoms with E-state index in [1.165, 1.54) is 4.90 Å². The standard InChI is InChI=1S/C21H16BrN3O3/c1-13-11-14(8-9-16(13)22)24-19(26)12-25-17-6-2-3-7-18(17)28-20-15(21(25)27)5-4-10-23-20/h2-11H,12H2,1H3,(H,24,26). The van der Waals surface area contributed by atoms with Crippen LogP contribution in [0.2, 0.25) is 0 Å². The molecule has 1 aromatic heterocycles. The van der Waals surface area contributed by atoms with E-state index in [1.807, 2.05) is 19.1 Å². The molecule has 3 aromatic rings. The van der Waals surface area contributed by atoms with Gasteiger partial charge in [-0.25, -0.2) is 4.98 Å². The van der Waals surface area contributed by atoms with Gasteiger partial charge in [0.05, 0.1) is 5.69 Å². The monoisotopic (exact) mass is 437 g/mol. The third-order valence-corrected chi connectivity index (χ3v) is 5.24. The summed E-state index contributed by atoms with van der Waals surface area (Å²) in [5.41, 5.74) is 2.50. The van der Waals surface area contributed by atoms with E-state index in [2.05, 4.69) is 26.2 Å². The lowest BCUT2D eigenvalue weighted by molar-refractivity contribution is -0.114. The number of carbonyl (C=O) groups is 2. The molecule has 0 saturated heterocycles. The zero-order chi connectivity index (χ0) is 19.7. The fraction of sp³-hybridized carbons (Fsp3) is 0.0952. The number of para-hydroxylation sites is 2. The molecule has 0 radical (unpaired) electrons. The molecule has 0 aliphatic carbocycles. The molecule has 0 fully saturated rings. The summed E-state index contributed by atoms with van der Waals surface area (Å²) in [6.45, 7) is 1.79. The summed E-state index contributed by atoms with van der Waals surface area (Å²) in [7, 11) is 0. The minimum absolute atomic E-state index is 0.150. The number of benzene rings is 2. The molecule has 4 rings (SSSR count). The third-order valence-electron chi connectivity index (χ3n) is 4.35. The summed E-state index contributed by atoms with van der Waals surface area (Å²) in [5.74, 6) is 0.0550. The molecule has 0 unspecified atom stereocenters. The number of pyridine rings is 1. The molecule has 0 atom stereocenters. The highest BCUT2D eigenvalue weighted by Crippen LogP contribution is 2.37. The minimum Gasteiger partial charge on any atom is -0.436 e. The van der Waals surface area contributed by atoms with Gasteiger partial charge in [-0.3, -0.25) is 14.5 Å². The number of nitrogens with one attached hydrogen (secondary N) is 1. The quantitative estimate of drug-likeness (QED) is 0.652. The first kappa shape index (κ1) is 18.2. The lowest BCUT2D eigenvalue weighted by Crippen LogP contribution is -2.37. The van der Waals surface area contributed by atoms with E-state index in [0.717, 1.165) is 10.0 Å². The number of aromatic nitrogens is 1. The van der Waals surface area contributed by atoms with Crippen LogP contribution in [0.3, 0.4) is 0 Å². The van der Waals surface area contributed by atoms with Gasteiger partial charge in [-0.2, -0.15) is 0 Å². The molecule has 1 N–H and O–H groups in total. The lowest BCUT2D eigenvalue weighted by Gasteiger charge is -2.21. The van der Waals surface area contributed by atoms with Gasteiger partial charge in [-0.1, -0.05) is 28.1 Å². The predicted octanol–water partition coefficient (Wildman–Crippen LogP) is 4.54. The molecule has 1 aliphatic rings. The van der Waals surface area contributed by atoms with Crippen molar-refractivity contribution in [3.8, 4) is 11.6 Å². The van der Waals surface area contributed by atoms with Gasteiger partial charge in [-0.15, -0.1) is 0 Å². The molecule has 28 heavy (non-hydrogen) atoms. The van der Waals surface area contributed by atoms with Gasteiger partial charge in [-0.05, 0) is 55.0 Å². The maximum atomic E-state index is 13.1. The van der Waals surface area contributed by atoms with Crippen molar-refractivity contribution >= 4 is 39.1 Å². The second-order valence-corrected chi connectivity index (χ2v) is 7.18. The van der Waals surface area contributed by atoms with E-state index < -0.39 is 0 Å². The van der Waals surface area contributed by atoms with Crippen LogP contribution in [0.5, 0.6) is 11.6 Å². The van der Waals surface area contributed by atoms with Gasteiger partial charge >= 0.3 is 0 Å². The number of hydrogen-bond acceptors (Lipinski definition) is 4. The second-order valence-electron chi connectivity index (χ2n) is 6.33. The maximum Gasteiger partial charge on any atom is 0.264 e. The zero-order valence-corrected chi connectivity index (χ0v) is 16.6. The topological polar surface area (TPSA) is 71.5 Å². The van der Waals surface area contributed by atoms with Crippen molar-refractivity contribution in [2.45, 2.75) is 6.92 Å². The first-order valence-electron chi connectivity index (χ1n) is 8.63. The molecule has 7 heteroatoms. The number of carbonyl (C=O) groups excluding carboxylic acids is 2. The number of fused-ring (bicyclic) bond motifs is 2. The average molecular weight is 438 g/mol. The van der Waals surface area contributed by atoms with E-state index in [1.54, 1.807) is 48.7 Å². The Morgan fingerprint density at radius 3 is 2.82 bits per heavy atom. The highest BCUT2D eigenvalue weighted by atomic mass is 79.9. The number of rotatable bonds is 3. The highest BCUT2D eigenvalue weighted by Gasteiger charge is 2.30. The minimum atomic E-state index is -0.338. The Kier molecular flexibility index (Phi) is 4.83. The van der Waals surface area contributed by atoms with E-state index >= 15 is 0 Å². The van der Waals surface area contributed by atoms with Crippen LogP contribution < -0.4 is 15.0 Å². The summed E-state index contributed by atoms with van der Waals surface area (Å²) in [6, 6.07) is 15.9. The number of ether oxygens (including phenoxy) is 1. The smallest absolute Gasteiger partial charge is 0.264 e. The average Bonchev–Trinajstić information content (AvgIpc) is 2.80. The van der Waals surface area contributed by atoms with Crippen LogP contribution in [-0.2, 0) is 4.79 Å². The van der Waals surface area contributed by atoms with Crippen LogP contribution in [-0.4, -0.2) is 23.3 Å². The molecule has 0 bridgehead atoms.